The number of hydrogen-bond acceptors (Lipinski definition) is 5. The van der Waals surface area contributed by atoms with Crippen LogP contribution in [-0.2, 0) is 23.1 Å². The lowest BCUT2D eigenvalue weighted by Gasteiger charge is -2.42. The number of halogens is 1. The van der Waals surface area contributed by atoms with Crippen molar-refractivity contribution in [2.45, 2.75) is 38.5 Å². The number of carbonyl (C=O) groups is 1. The lowest BCUT2D eigenvalue weighted by Crippen LogP contribution is -2.55. The molecule has 0 radical (unpaired) electrons. The number of rotatable bonds is 6. The minimum absolute atomic E-state index is 0.0500. The van der Waals surface area contributed by atoms with Crippen LogP contribution in [0.3, 0.4) is 0 Å². The number of benzene rings is 1. The minimum atomic E-state index is -0.294. The summed E-state index contributed by atoms with van der Waals surface area (Å²) in [6.07, 6.45) is 3.63. The number of morpholine rings is 1. The molecule has 0 bridgehead atoms. The lowest BCUT2D eigenvalue weighted by atomic mass is 10.0. The fourth-order valence-corrected chi connectivity index (χ4v) is 4.22. The Morgan fingerprint density at radius 1 is 1.23 bits per heavy atom. The van der Waals surface area contributed by atoms with Crippen LogP contribution < -0.4 is 4.74 Å². The molecule has 0 spiro atoms. The van der Waals surface area contributed by atoms with Gasteiger partial charge < -0.3 is 14.4 Å². The molecule has 2 saturated heterocycles. The van der Waals surface area contributed by atoms with E-state index < -0.39 is 0 Å². The van der Waals surface area contributed by atoms with E-state index >= 15 is 0 Å². The number of ether oxygens (including phenoxy) is 2. The summed E-state index contributed by atoms with van der Waals surface area (Å²) in [5.74, 6) is 0.356. The van der Waals surface area contributed by atoms with Crippen LogP contribution in [0.25, 0.3) is 0 Å². The predicted molar refractivity (Wildman–Crippen MR) is 110 cm³/mol. The summed E-state index contributed by atoms with van der Waals surface area (Å²) < 4.78 is 26.4. The van der Waals surface area contributed by atoms with Gasteiger partial charge in [-0.3, -0.25) is 14.4 Å². The van der Waals surface area contributed by atoms with E-state index in [1.807, 2.05) is 22.8 Å². The van der Waals surface area contributed by atoms with Crippen LogP contribution in [0.4, 0.5) is 4.39 Å². The van der Waals surface area contributed by atoms with Gasteiger partial charge in [0, 0.05) is 32.7 Å². The first kappa shape index (κ1) is 20.8. The van der Waals surface area contributed by atoms with Crippen molar-refractivity contribution in [2.24, 2.45) is 7.05 Å². The zero-order chi connectivity index (χ0) is 21.1. The normalized spacial score (nSPS) is 21.2. The van der Waals surface area contributed by atoms with Crippen molar-refractivity contribution >= 4 is 5.91 Å². The van der Waals surface area contributed by atoms with Crippen molar-refractivity contribution in [1.82, 2.24) is 19.6 Å². The van der Waals surface area contributed by atoms with E-state index in [1.54, 1.807) is 12.1 Å². The van der Waals surface area contributed by atoms with Crippen LogP contribution in [-0.4, -0.2) is 70.5 Å². The van der Waals surface area contributed by atoms with Crippen LogP contribution in [0, 0.1) is 12.7 Å². The molecule has 0 aliphatic carbocycles. The molecule has 1 aromatic heterocycles. The van der Waals surface area contributed by atoms with Crippen molar-refractivity contribution < 1.29 is 18.7 Å². The molecule has 1 aromatic carbocycles. The van der Waals surface area contributed by atoms with Gasteiger partial charge in [-0.05, 0) is 49.6 Å². The molecule has 8 heteroatoms. The van der Waals surface area contributed by atoms with Crippen molar-refractivity contribution in [2.75, 3.05) is 32.8 Å². The topological polar surface area (TPSA) is 59.8 Å². The van der Waals surface area contributed by atoms with E-state index in [4.69, 9.17) is 9.47 Å². The van der Waals surface area contributed by atoms with Gasteiger partial charge in [-0.15, -0.1) is 0 Å². The maximum absolute atomic E-state index is 13.0. The molecule has 1 atom stereocenters. The van der Waals surface area contributed by atoms with Gasteiger partial charge in [-0.1, -0.05) is 0 Å². The molecule has 162 valence electrons. The highest BCUT2D eigenvalue weighted by Gasteiger charge is 2.34. The van der Waals surface area contributed by atoms with Crippen molar-refractivity contribution in [3.63, 3.8) is 0 Å². The van der Waals surface area contributed by atoms with Crippen molar-refractivity contribution in [3.8, 4) is 5.75 Å². The first-order valence-corrected chi connectivity index (χ1v) is 10.5. The summed E-state index contributed by atoms with van der Waals surface area (Å²) in [6, 6.07) is 6.17. The van der Waals surface area contributed by atoms with Crippen LogP contribution in [0.1, 0.15) is 24.1 Å². The molecule has 2 aliphatic heterocycles. The second kappa shape index (κ2) is 9.14. The lowest BCUT2D eigenvalue weighted by molar-refractivity contribution is -0.155. The summed E-state index contributed by atoms with van der Waals surface area (Å²) >= 11 is 0. The monoisotopic (exact) mass is 416 g/mol. The number of amides is 1. The maximum Gasteiger partial charge on any atom is 0.248 e. The number of aromatic nitrogens is 2. The zero-order valence-corrected chi connectivity index (χ0v) is 17.6. The van der Waals surface area contributed by atoms with E-state index in [-0.39, 0.29) is 30.5 Å². The van der Waals surface area contributed by atoms with Gasteiger partial charge in [-0.2, -0.15) is 5.10 Å². The van der Waals surface area contributed by atoms with Crippen LogP contribution in [0.5, 0.6) is 5.75 Å². The fraction of sp³-hybridized carbons (Fsp3) is 0.545. The average molecular weight is 416 g/mol. The Morgan fingerprint density at radius 3 is 2.63 bits per heavy atom. The zero-order valence-electron chi connectivity index (χ0n) is 17.6. The Labute approximate surface area is 176 Å². The van der Waals surface area contributed by atoms with Crippen LogP contribution >= 0.6 is 0 Å². The van der Waals surface area contributed by atoms with Gasteiger partial charge in [-0.25, -0.2) is 4.39 Å². The average Bonchev–Trinajstić information content (AvgIpc) is 3.07. The number of piperidine rings is 1. The van der Waals surface area contributed by atoms with Gasteiger partial charge in [0.1, 0.15) is 30.9 Å². The summed E-state index contributed by atoms with van der Waals surface area (Å²) in [5, 5.41) is 4.32. The smallest absolute Gasteiger partial charge is 0.248 e. The van der Waals surface area contributed by atoms with E-state index in [9.17, 15) is 9.18 Å². The predicted octanol–water partition coefficient (Wildman–Crippen LogP) is 2.14. The Morgan fingerprint density at radius 2 is 1.97 bits per heavy atom. The number of aryl methyl sites for hydroxylation is 2. The third-order valence-corrected chi connectivity index (χ3v) is 6.05. The summed E-state index contributed by atoms with van der Waals surface area (Å²) in [6.45, 7) is 5.86. The van der Waals surface area contributed by atoms with Crippen LogP contribution in [0.2, 0.25) is 0 Å². The third kappa shape index (κ3) is 4.82. The quantitative estimate of drug-likeness (QED) is 0.722. The molecule has 7 nitrogen and oxygen atoms in total. The largest absolute Gasteiger partial charge is 0.491 e. The molecule has 1 unspecified atom stereocenters. The Bertz CT molecular complexity index is 842. The molecule has 30 heavy (non-hydrogen) atoms. The second-order valence-corrected chi connectivity index (χ2v) is 8.15. The Hall–Kier alpha value is -2.45. The highest BCUT2D eigenvalue weighted by molar-refractivity contribution is 5.78. The Kier molecular flexibility index (Phi) is 6.34. The van der Waals surface area contributed by atoms with E-state index in [0.29, 0.717) is 18.9 Å². The van der Waals surface area contributed by atoms with E-state index in [2.05, 4.69) is 16.9 Å². The van der Waals surface area contributed by atoms with Crippen LogP contribution in [0.15, 0.2) is 30.5 Å². The highest BCUT2D eigenvalue weighted by Crippen LogP contribution is 2.22. The number of likely N-dealkylation sites (tertiary alicyclic amines) is 1. The SMILES string of the molecule is Cc1cnn(C)c1CN1CCC(N2CC(COc3ccc(F)cc3)OCC2=O)CC1. The van der Waals surface area contributed by atoms with Gasteiger partial charge >= 0.3 is 0 Å². The molecule has 3 heterocycles. The van der Waals surface area contributed by atoms with Gasteiger partial charge in [0.25, 0.3) is 0 Å². The second-order valence-electron chi connectivity index (χ2n) is 8.15. The number of nitrogens with zero attached hydrogens (tertiary/aromatic N) is 4. The highest BCUT2D eigenvalue weighted by atomic mass is 19.1. The minimum Gasteiger partial charge on any atom is -0.491 e. The van der Waals surface area contributed by atoms with Crippen molar-refractivity contribution in [1.29, 1.82) is 0 Å². The first-order chi connectivity index (χ1) is 14.5. The molecule has 1 amide bonds. The van der Waals surface area contributed by atoms with Gasteiger partial charge in [0.05, 0.1) is 18.4 Å². The molecule has 0 N–H and O–H groups in total. The number of hydrogen-bond donors (Lipinski definition) is 0. The summed E-state index contributed by atoms with van der Waals surface area (Å²) in [5.41, 5.74) is 2.46. The van der Waals surface area contributed by atoms with Crippen molar-refractivity contribution in [3.05, 3.63) is 47.5 Å². The molecular formula is C22H29FN4O3. The Balaban J connectivity index is 1.28. The third-order valence-electron chi connectivity index (χ3n) is 6.05. The molecule has 2 fully saturated rings. The molecule has 0 saturated carbocycles. The summed E-state index contributed by atoms with van der Waals surface area (Å²) in [7, 11) is 1.98. The first-order valence-electron chi connectivity index (χ1n) is 10.5. The molecule has 4 rings (SSSR count). The summed E-state index contributed by atoms with van der Waals surface area (Å²) in [4.78, 5) is 16.9. The van der Waals surface area contributed by atoms with Gasteiger partial charge in [0.15, 0.2) is 0 Å². The molecular weight excluding hydrogens is 387 g/mol. The fourth-order valence-electron chi connectivity index (χ4n) is 4.22. The van der Waals surface area contributed by atoms with Gasteiger partial charge in [0.2, 0.25) is 5.91 Å². The van der Waals surface area contributed by atoms with E-state index in [1.165, 1.54) is 23.4 Å². The maximum atomic E-state index is 13.0. The molecule has 2 aromatic rings. The van der Waals surface area contributed by atoms with E-state index in [0.717, 1.165) is 32.5 Å². The standard InChI is InChI=1S/C22H29FN4O3/c1-16-11-24-25(2)21(16)13-26-9-7-18(8-10-26)27-12-20(30-15-22(27)28)14-29-19-5-3-17(23)4-6-19/h3-6,11,18,20H,7-10,12-15H2,1-2H3. The molecule has 2 aliphatic rings. The number of carbonyl (C=O) groups excluding carboxylic acids is 1.